The Kier molecular flexibility index (Phi) is 13.5. The van der Waals surface area contributed by atoms with E-state index in [1.54, 1.807) is 0 Å². The molecule has 1 unspecified atom stereocenters. The molecule has 0 amide bonds. The average molecular weight is 346 g/mol. The van der Waals surface area contributed by atoms with Gasteiger partial charge in [-0.1, -0.05) is 39.5 Å². The van der Waals surface area contributed by atoms with Crippen molar-refractivity contribution in [2.75, 3.05) is 0 Å². The van der Waals surface area contributed by atoms with Gasteiger partial charge in [-0.25, -0.2) is 0 Å². The van der Waals surface area contributed by atoms with Gasteiger partial charge in [0, 0.05) is 12.4 Å². The van der Waals surface area contributed by atoms with Crippen molar-refractivity contribution in [3.05, 3.63) is 0 Å². The van der Waals surface area contributed by atoms with Gasteiger partial charge in [0.25, 0.3) is 10.1 Å². The first-order valence-electron chi connectivity index (χ1n) is 7.08. The number of unbranched alkanes of at least 4 members (excludes halogenated alkanes) is 2. The molecule has 0 saturated carbocycles. The normalized spacial score (nSPS) is 12.5. The van der Waals surface area contributed by atoms with Crippen LogP contribution in [0.3, 0.4) is 0 Å². The maximum atomic E-state index is 11.8. The third kappa shape index (κ3) is 10.6. The number of carboxylic acid groups (broad SMARTS) is 1. The van der Waals surface area contributed by atoms with E-state index in [0.29, 0.717) is 12.8 Å². The van der Waals surface area contributed by atoms with Gasteiger partial charge in [-0.15, -0.1) is 0 Å². The Balaban J connectivity index is 0. The van der Waals surface area contributed by atoms with Crippen molar-refractivity contribution in [3.63, 3.8) is 0 Å². The number of carbonyl (C=O) groups excluding carboxylic acids is 2. The molecular weight excluding hydrogens is 323 g/mol. The first kappa shape index (κ1) is 24.1. The Labute approximate surface area is 153 Å². The van der Waals surface area contributed by atoms with Gasteiger partial charge in [-0.2, -0.15) is 8.42 Å². The van der Waals surface area contributed by atoms with E-state index in [9.17, 15) is 23.1 Å². The van der Waals surface area contributed by atoms with E-state index in [1.165, 1.54) is 0 Å². The first-order chi connectivity index (χ1) is 9.72. The second-order valence-corrected chi connectivity index (χ2v) is 6.52. The number of rotatable bonds is 11. The Morgan fingerprint density at radius 3 is 1.91 bits per heavy atom. The van der Waals surface area contributed by atoms with Crippen LogP contribution in [-0.2, 0) is 24.4 Å². The molecule has 0 fully saturated rings. The molecule has 1 atom stereocenters. The van der Waals surface area contributed by atoms with Gasteiger partial charge in [-0.05, 0) is 12.8 Å². The summed E-state index contributed by atoms with van der Waals surface area (Å²) >= 11 is 0. The van der Waals surface area contributed by atoms with Crippen molar-refractivity contribution in [3.8, 4) is 0 Å². The van der Waals surface area contributed by atoms with Crippen LogP contribution in [0.15, 0.2) is 0 Å². The van der Waals surface area contributed by atoms with Gasteiger partial charge in [0.2, 0.25) is 0 Å². The van der Waals surface area contributed by atoms with Gasteiger partial charge in [0.15, 0.2) is 5.25 Å². The summed E-state index contributed by atoms with van der Waals surface area (Å²) in [6.07, 6.45) is 2.95. The molecule has 0 aromatic carbocycles. The third-order valence-corrected chi connectivity index (χ3v) is 4.09. The molecule has 7 nitrogen and oxygen atoms in total. The number of esters is 1. The van der Waals surface area contributed by atoms with E-state index in [4.69, 9.17) is 9.29 Å². The number of hydrogen-bond donors (Lipinski definition) is 1. The molecule has 0 saturated heterocycles. The van der Waals surface area contributed by atoms with E-state index in [2.05, 4.69) is 0 Å². The summed E-state index contributed by atoms with van der Waals surface area (Å²) < 4.78 is 36.2. The van der Waals surface area contributed by atoms with E-state index in [-0.39, 0.29) is 29.6 Å². The van der Waals surface area contributed by atoms with Crippen molar-refractivity contribution in [1.29, 1.82) is 0 Å². The van der Waals surface area contributed by atoms with E-state index >= 15 is 0 Å². The van der Waals surface area contributed by atoms with Crippen molar-refractivity contribution in [2.24, 2.45) is 0 Å². The zero-order chi connectivity index (χ0) is 16.5. The second-order valence-electron chi connectivity index (χ2n) is 4.92. The molecule has 0 aliphatic rings. The third-order valence-electron chi connectivity index (χ3n) is 3.02. The largest absolute Gasteiger partial charge is 1.00 e. The van der Waals surface area contributed by atoms with Crippen molar-refractivity contribution in [2.45, 2.75) is 70.1 Å². The molecule has 0 aliphatic heterocycles. The number of carboxylic acids is 1. The van der Waals surface area contributed by atoms with Crippen LogP contribution < -0.4 is 34.7 Å². The van der Waals surface area contributed by atoms with E-state index in [0.717, 1.165) is 25.7 Å². The fraction of sp³-hybridized carbons (Fsp3) is 0.846. The summed E-state index contributed by atoms with van der Waals surface area (Å²) in [5.74, 6) is -2.98. The molecular formula is C13H23NaO7S. The summed E-state index contributed by atoms with van der Waals surface area (Å²) in [5.41, 5.74) is 0. The van der Waals surface area contributed by atoms with Crippen LogP contribution in [-0.4, -0.2) is 36.3 Å². The standard InChI is InChI=1S/C13H24O7S.Na/c1-3-5-7-10(8-6-4-2)20-13(16)11(9-12(14)15)21(17,18)19;/h10-11H,3-9H2,1-2H3,(H,14,15)(H,17,18,19);/q;+1/p-1. The van der Waals surface area contributed by atoms with Gasteiger partial charge < -0.3 is 14.6 Å². The monoisotopic (exact) mass is 346 g/mol. The summed E-state index contributed by atoms with van der Waals surface area (Å²) in [6, 6.07) is 0. The minimum Gasteiger partial charge on any atom is -0.550 e. The Morgan fingerprint density at radius 2 is 1.59 bits per heavy atom. The van der Waals surface area contributed by atoms with Crippen LogP contribution >= 0.6 is 0 Å². The van der Waals surface area contributed by atoms with Crippen molar-refractivity contribution < 1.29 is 62.0 Å². The molecule has 0 spiro atoms. The number of aliphatic carboxylic acids is 1. The van der Waals surface area contributed by atoms with Crippen LogP contribution in [0.2, 0.25) is 0 Å². The minimum absolute atomic E-state index is 0. The molecule has 0 heterocycles. The van der Waals surface area contributed by atoms with E-state index in [1.807, 2.05) is 13.8 Å². The number of hydrogen-bond acceptors (Lipinski definition) is 6. The number of ether oxygens (including phenoxy) is 1. The van der Waals surface area contributed by atoms with Crippen LogP contribution in [0.1, 0.15) is 58.8 Å². The van der Waals surface area contributed by atoms with Crippen LogP contribution in [0.4, 0.5) is 0 Å². The minimum atomic E-state index is -4.84. The molecule has 9 heteroatoms. The Morgan fingerprint density at radius 1 is 1.14 bits per heavy atom. The second kappa shape index (κ2) is 12.3. The van der Waals surface area contributed by atoms with Gasteiger partial charge in [-0.3, -0.25) is 9.35 Å². The Bertz CT molecular complexity index is 428. The molecule has 0 aliphatic carbocycles. The zero-order valence-electron chi connectivity index (χ0n) is 13.4. The quantitative estimate of drug-likeness (QED) is 0.253. The smallest absolute Gasteiger partial charge is 0.550 e. The van der Waals surface area contributed by atoms with E-state index < -0.39 is 39.8 Å². The molecule has 0 radical (unpaired) electrons. The predicted molar refractivity (Wildman–Crippen MR) is 73.9 cm³/mol. The fourth-order valence-electron chi connectivity index (χ4n) is 1.83. The Hall–Kier alpha value is -0.150. The molecule has 22 heavy (non-hydrogen) atoms. The summed E-state index contributed by atoms with van der Waals surface area (Å²) in [4.78, 5) is 22.3. The summed E-state index contributed by atoms with van der Waals surface area (Å²) in [7, 11) is -4.84. The predicted octanol–water partition coefficient (Wildman–Crippen LogP) is -2.32. The van der Waals surface area contributed by atoms with Gasteiger partial charge >= 0.3 is 35.5 Å². The maximum absolute atomic E-state index is 11.8. The van der Waals surface area contributed by atoms with Gasteiger partial charge in [0.1, 0.15) is 6.10 Å². The SMILES string of the molecule is CCCCC(CCCC)OC(=O)C(CC(=O)[O-])S(=O)(=O)O.[Na+]. The fourth-order valence-corrected chi connectivity index (χ4v) is 2.47. The first-order valence-corrected chi connectivity index (χ1v) is 8.59. The molecule has 1 N–H and O–H groups in total. The molecule has 0 aromatic heterocycles. The van der Waals surface area contributed by atoms with Crippen LogP contribution in [0, 0.1) is 0 Å². The molecule has 124 valence electrons. The van der Waals surface area contributed by atoms with Crippen LogP contribution in [0.25, 0.3) is 0 Å². The zero-order valence-corrected chi connectivity index (χ0v) is 16.2. The van der Waals surface area contributed by atoms with Crippen molar-refractivity contribution in [1.82, 2.24) is 0 Å². The molecule has 0 rings (SSSR count). The summed E-state index contributed by atoms with van der Waals surface area (Å²) in [5, 5.41) is 8.36. The summed E-state index contributed by atoms with van der Waals surface area (Å²) in [6.45, 7) is 3.94. The topological polar surface area (TPSA) is 121 Å². The number of carbonyl (C=O) groups is 2. The maximum Gasteiger partial charge on any atom is 1.00 e. The molecule has 0 bridgehead atoms. The van der Waals surface area contributed by atoms with Crippen molar-refractivity contribution >= 4 is 22.1 Å². The van der Waals surface area contributed by atoms with Crippen LogP contribution in [0.5, 0.6) is 0 Å². The van der Waals surface area contributed by atoms with Gasteiger partial charge in [0.05, 0.1) is 0 Å². The molecule has 0 aromatic rings. The average Bonchev–Trinajstić information content (AvgIpc) is 2.37.